The van der Waals surface area contributed by atoms with Gasteiger partial charge in [-0.3, -0.25) is 29.0 Å². The number of rotatable bonds is 8. The molecule has 0 radical (unpaired) electrons. The van der Waals surface area contributed by atoms with Gasteiger partial charge in [0.25, 0.3) is 23.6 Å². The summed E-state index contributed by atoms with van der Waals surface area (Å²) in [5, 5.41) is 17.9. The van der Waals surface area contributed by atoms with Gasteiger partial charge in [0, 0.05) is 26.3 Å². The van der Waals surface area contributed by atoms with Gasteiger partial charge in [0.05, 0.1) is 22.3 Å². The summed E-state index contributed by atoms with van der Waals surface area (Å²) in [5.74, 6) is -4.08. The first-order valence-electron chi connectivity index (χ1n) is 11.6. The van der Waals surface area contributed by atoms with Gasteiger partial charge in [0.2, 0.25) is 5.41 Å². The van der Waals surface area contributed by atoms with Gasteiger partial charge < -0.3 is 10.2 Å². The van der Waals surface area contributed by atoms with E-state index in [0.29, 0.717) is 46.2 Å². The predicted octanol–water partition coefficient (Wildman–Crippen LogP) is 3.05. The second-order valence-corrected chi connectivity index (χ2v) is 8.94. The first-order valence-corrected chi connectivity index (χ1v) is 11.6. The minimum absolute atomic E-state index is 0.0510. The lowest BCUT2D eigenvalue weighted by atomic mass is 9.71. The standard InChI is InChI=1S/C25H20F6N2O6/c26-24(27,28)23(25(29,30)31,13-3-5-15-17(11-13)21(38)32(19(15)36)7-1-9-34)14-4-6-16-18(12-14)22(39)33(20(16)37)8-2-10-35/h3-6,11-12,34-35H,1-2,7-10H2. The number of aliphatic hydroxyl groups is 2. The van der Waals surface area contributed by atoms with Crippen LogP contribution in [0.5, 0.6) is 0 Å². The quantitative estimate of drug-likeness (QED) is 0.380. The summed E-state index contributed by atoms with van der Waals surface area (Å²) in [7, 11) is 0. The Bertz CT molecular complexity index is 1270. The molecule has 4 amide bonds. The van der Waals surface area contributed by atoms with E-state index in [4.69, 9.17) is 10.2 Å². The minimum Gasteiger partial charge on any atom is -0.396 e. The molecular formula is C25H20F6N2O6. The topological polar surface area (TPSA) is 115 Å². The van der Waals surface area contributed by atoms with Crippen molar-refractivity contribution in [3.8, 4) is 0 Å². The van der Waals surface area contributed by atoms with Crippen molar-refractivity contribution in [3.05, 3.63) is 69.8 Å². The van der Waals surface area contributed by atoms with Crippen molar-refractivity contribution in [2.24, 2.45) is 0 Å². The molecule has 0 saturated heterocycles. The van der Waals surface area contributed by atoms with Crippen LogP contribution in [0.2, 0.25) is 0 Å². The fraction of sp³-hybridized carbons (Fsp3) is 0.360. The molecule has 0 atom stereocenters. The Morgan fingerprint density at radius 1 is 0.564 bits per heavy atom. The number of halogens is 6. The van der Waals surface area contributed by atoms with Gasteiger partial charge in [0.15, 0.2) is 0 Å². The second kappa shape index (κ2) is 9.75. The van der Waals surface area contributed by atoms with Crippen LogP contribution < -0.4 is 0 Å². The SMILES string of the molecule is O=C1c2ccc(C(c3ccc4c(c3)C(=O)N(CCCO)C4=O)(C(F)(F)F)C(F)(F)F)cc2C(=O)N1CCCO. The molecule has 2 aliphatic rings. The molecule has 14 heteroatoms. The lowest BCUT2D eigenvalue weighted by molar-refractivity contribution is -0.288. The van der Waals surface area contributed by atoms with E-state index in [-0.39, 0.29) is 25.9 Å². The molecule has 0 unspecified atom stereocenters. The number of benzene rings is 2. The zero-order chi connectivity index (χ0) is 28.9. The number of fused-ring (bicyclic) bond motifs is 2. The third kappa shape index (κ3) is 4.18. The summed E-state index contributed by atoms with van der Waals surface area (Å²) in [6, 6.07) is 3.04. The summed E-state index contributed by atoms with van der Waals surface area (Å²) in [5.41, 5.74) is -9.70. The smallest absolute Gasteiger partial charge is 0.396 e. The summed E-state index contributed by atoms with van der Waals surface area (Å²) < 4.78 is 88.1. The molecule has 0 saturated carbocycles. The number of amides is 4. The Kier molecular flexibility index (Phi) is 7.06. The minimum atomic E-state index is -6.06. The fourth-order valence-electron chi connectivity index (χ4n) is 4.89. The first kappa shape index (κ1) is 28.2. The van der Waals surface area contributed by atoms with Gasteiger partial charge >= 0.3 is 12.4 Å². The number of hydrogen-bond acceptors (Lipinski definition) is 6. The molecule has 0 aliphatic carbocycles. The normalized spacial score (nSPS) is 15.9. The average molecular weight is 558 g/mol. The van der Waals surface area contributed by atoms with E-state index < -0.39 is 88.0 Å². The van der Waals surface area contributed by atoms with Gasteiger partial charge in [-0.25, -0.2) is 0 Å². The van der Waals surface area contributed by atoms with Crippen LogP contribution in [0.4, 0.5) is 26.3 Å². The van der Waals surface area contributed by atoms with Crippen molar-refractivity contribution in [2.45, 2.75) is 30.6 Å². The molecule has 2 aliphatic heterocycles. The van der Waals surface area contributed by atoms with Crippen LogP contribution in [0, 0.1) is 0 Å². The molecule has 2 heterocycles. The Morgan fingerprint density at radius 3 is 1.21 bits per heavy atom. The Hall–Kier alpha value is -3.78. The highest BCUT2D eigenvalue weighted by Gasteiger charge is 2.73. The highest BCUT2D eigenvalue weighted by atomic mass is 19.4. The maximum Gasteiger partial charge on any atom is 0.411 e. The molecule has 2 aromatic rings. The second-order valence-electron chi connectivity index (χ2n) is 8.94. The number of alkyl halides is 6. The third-order valence-electron chi connectivity index (χ3n) is 6.74. The van der Waals surface area contributed by atoms with Crippen LogP contribution in [0.3, 0.4) is 0 Å². The molecule has 8 nitrogen and oxygen atoms in total. The molecule has 39 heavy (non-hydrogen) atoms. The van der Waals surface area contributed by atoms with E-state index in [9.17, 15) is 45.5 Å². The number of carbonyl (C=O) groups is 4. The molecule has 208 valence electrons. The molecule has 0 aromatic heterocycles. The van der Waals surface area contributed by atoms with Crippen LogP contribution >= 0.6 is 0 Å². The molecule has 2 N–H and O–H groups in total. The molecule has 0 spiro atoms. The Balaban J connectivity index is 1.92. The van der Waals surface area contributed by atoms with Crippen LogP contribution in [-0.4, -0.2) is 82.3 Å². The van der Waals surface area contributed by atoms with E-state index in [1.807, 2.05) is 0 Å². The average Bonchev–Trinajstić information content (AvgIpc) is 3.23. The van der Waals surface area contributed by atoms with E-state index >= 15 is 0 Å². The van der Waals surface area contributed by atoms with Gasteiger partial charge in [-0.1, -0.05) is 12.1 Å². The summed E-state index contributed by atoms with van der Waals surface area (Å²) in [6.45, 7) is -1.42. The Morgan fingerprint density at radius 2 is 0.897 bits per heavy atom. The molecule has 0 bridgehead atoms. The highest BCUT2D eigenvalue weighted by molar-refractivity contribution is 6.22. The molecular weight excluding hydrogens is 538 g/mol. The lowest BCUT2D eigenvalue weighted by Gasteiger charge is -2.38. The van der Waals surface area contributed by atoms with E-state index in [2.05, 4.69) is 0 Å². The lowest BCUT2D eigenvalue weighted by Crippen LogP contribution is -2.55. The van der Waals surface area contributed by atoms with Crippen molar-refractivity contribution < 1.29 is 55.7 Å². The van der Waals surface area contributed by atoms with Crippen molar-refractivity contribution in [3.63, 3.8) is 0 Å². The maximum absolute atomic E-state index is 14.7. The largest absolute Gasteiger partial charge is 0.411 e. The summed E-state index contributed by atoms with van der Waals surface area (Å²) in [6.07, 6.45) is -12.2. The van der Waals surface area contributed by atoms with Crippen LogP contribution in [0.1, 0.15) is 65.4 Å². The van der Waals surface area contributed by atoms with E-state index in [1.165, 1.54) is 0 Å². The van der Waals surface area contributed by atoms with Crippen molar-refractivity contribution >= 4 is 23.6 Å². The van der Waals surface area contributed by atoms with E-state index in [1.54, 1.807) is 0 Å². The van der Waals surface area contributed by atoms with Gasteiger partial charge in [0.1, 0.15) is 0 Å². The number of aliphatic hydroxyl groups excluding tert-OH is 2. The monoisotopic (exact) mass is 558 g/mol. The summed E-state index contributed by atoms with van der Waals surface area (Å²) >= 11 is 0. The van der Waals surface area contributed by atoms with Crippen molar-refractivity contribution in [1.29, 1.82) is 0 Å². The zero-order valence-electron chi connectivity index (χ0n) is 19.9. The van der Waals surface area contributed by atoms with Crippen LogP contribution in [0.15, 0.2) is 36.4 Å². The third-order valence-corrected chi connectivity index (χ3v) is 6.74. The van der Waals surface area contributed by atoms with Crippen molar-refractivity contribution in [2.75, 3.05) is 26.3 Å². The zero-order valence-corrected chi connectivity index (χ0v) is 19.9. The predicted molar refractivity (Wildman–Crippen MR) is 120 cm³/mol. The van der Waals surface area contributed by atoms with Gasteiger partial charge in [-0.05, 0) is 48.2 Å². The number of hydrogen-bond donors (Lipinski definition) is 2. The van der Waals surface area contributed by atoms with Crippen LogP contribution in [-0.2, 0) is 5.41 Å². The summed E-state index contributed by atoms with van der Waals surface area (Å²) in [4.78, 5) is 51.8. The number of carbonyl (C=O) groups excluding carboxylic acids is 4. The van der Waals surface area contributed by atoms with E-state index in [0.717, 1.165) is 0 Å². The van der Waals surface area contributed by atoms with Crippen molar-refractivity contribution in [1.82, 2.24) is 9.80 Å². The number of imide groups is 2. The molecule has 0 fully saturated rings. The Labute approximate surface area is 216 Å². The molecule has 4 rings (SSSR count). The fourth-order valence-corrected chi connectivity index (χ4v) is 4.89. The van der Waals surface area contributed by atoms with Crippen LogP contribution in [0.25, 0.3) is 0 Å². The molecule has 2 aromatic carbocycles. The maximum atomic E-state index is 14.7. The first-order chi connectivity index (χ1) is 18.2. The number of nitrogens with zero attached hydrogens (tertiary/aromatic N) is 2. The van der Waals surface area contributed by atoms with Gasteiger partial charge in [-0.15, -0.1) is 0 Å². The highest BCUT2D eigenvalue weighted by Crippen LogP contribution is 2.57. The van der Waals surface area contributed by atoms with Gasteiger partial charge in [-0.2, -0.15) is 26.3 Å².